The van der Waals surface area contributed by atoms with E-state index in [9.17, 15) is 39.6 Å². The second-order valence-corrected chi connectivity index (χ2v) is 17.6. The summed E-state index contributed by atoms with van der Waals surface area (Å²) in [5.41, 5.74) is 1.52. The van der Waals surface area contributed by atoms with Gasteiger partial charge in [0, 0.05) is 52.0 Å². The zero-order chi connectivity index (χ0) is 43.6. The highest BCUT2D eigenvalue weighted by Crippen LogP contribution is 2.39. The summed E-state index contributed by atoms with van der Waals surface area (Å²) in [5, 5.41) is 43.5. The minimum absolute atomic E-state index is 0.0348. The number of Topliss-reactive ketones (excluding diaryl/α,β-unsaturated/α-hetero) is 2. The number of allylic oxidation sites excluding steroid dienone is 3. The Labute approximate surface area is 349 Å². The fourth-order valence-electron chi connectivity index (χ4n) is 9.56. The zero-order valence-electron chi connectivity index (χ0n) is 36.4. The minimum Gasteiger partial charge on any atom is -0.456 e. The van der Waals surface area contributed by atoms with Gasteiger partial charge in [-0.2, -0.15) is 0 Å². The molecular weight excluding hydrogens is 766 g/mol. The standard InChI is InChI=1S/C44H71NO14/c1-25-17-26(2)19-37(55-7)40-38(56-8)21-28(4)44(53,59-40)41(50)42(51)45-15-10-9-11-32(45)43(52)58-39(27(3)20-30-12-13-33(47)36(22-30)54-6)29(5)34(48)23-35(49)31(18-25)14-16-57-24-46/h18,20,26,28-34,36-40,46-48,53H,9-17,19,21-24H2,1-8H3/b25-18+,27-20+/t26-,28+,29+,30-,31+,32-,33+,34-,36+,37-,38-,39+,40+,44+/m0/s1. The van der Waals surface area contributed by atoms with Crippen LogP contribution < -0.4 is 0 Å². The van der Waals surface area contributed by atoms with Crippen molar-refractivity contribution in [3.63, 3.8) is 0 Å². The van der Waals surface area contributed by atoms with Gasteiger partial charge in [-0.15, -0.1) is 0 Å². The van der Waals surface area contributed by atoms with Crippen molar-refractivity contribution in [1.82, 2.24) is 4.90 Å². The first-order chi connectivity index (χ1) is 28.0. The monoisotopic (exact) mass is 837 g/mol. The summed E-state index contributed by atoms with van der Waals surface area (Å²) < 4.78 is 35.0. The highest BCUT2D eigenvalue weighted by molar-refractivity contribution is 6.39. The number of rotatable bonds is 9. The molecule has 2 saturated heterocycles. The second-order valence-electron chi connectivity index (χ2n) is 17.6. The fourth-order valence-corrected chi connectivity index (χ4v) is 9.56. The van der Waals surface area contributed by atoms with Crippen molar-refractivity contribution >= 4 is 23.4 Å². The van der Waals surface area contributed by atoms with E-state index in [4.69, 9.17) is 28.4 Å². The van der Waals surface area contributed by atoms with Gasteiger partial charge >= 0.3 is 5.97 Å². The van der Waals surface area contributed by atoms with Gasteiger partial charge in [0.1, 0.15) is 30.8 Å². The van der Waals surface area contributed by atoms with Crippen LogP contribution in [0.2, 0.25) is 0 Å². The number of ketones is 2. The Morgan fingerprint density at radius 2 is 1.59 bits per heavy atom. The Bertz CT molecular complexity index is 1480. The Morgan fingerprint density at radius 3 is 2.25 bits per heavy atom. The first-order valence-electron chi connectivity index (χ1n) is 21.5. The van der Waals surface area contributed by atoms with Crippen molar-refractivity contribution in [2.75, 3.05) is 41.3 Å². The predicted octanol–water partition coefficient (Wildman–Crippen LogP) is 3.42. The lowest BCUT2D eigenvalue weighted by atomic mass is 9.81. The maximum Gasteiger partial charge on any atom is 0.329 e. The number of aliphatic hydroxyl groups is 4. The first-order valence-corrected chi connectivity index (χ1v) is 21.5. The molecule has 0 aromatic carbocycles. The lowest BCUT2D eigenvalue weighted by Crippen LogP contribution is -2.64. The van der Waals surface area contributed by atoms with Gasteiger partial charge in [-0.05, 0) is 95.5 Å². The number of fused-ring (bicyclic) bond motifs is 3. The van der Waals surface area contributed by atoms with Crippen molar-refractivity contribution in [3.05, 3.63) is 23.3 Å². The van der Waals surface area contributed by atoms with E-state index < -0.39 is 90.7 Å². The Hall–Kier alpha value is -2.60. The van der Waals surface area contributed by atoms with Crippen LogP contribution in [-0.4, -0.2) is 145 Å². The number of esters is 1. The summed E-state index contributed by atoms with van der Waals surface area (Å²) in [6, 6.07) is -1.17. The lowest BCUT2D eigenvalue weighted by molar-refractivity contribution is -0.302. The van der Waals surface area contributed by atoms with Crippen molar-refractivity contribution < 1.29 is 68.0 Å². The van der Waals surface area contributed by atoms with Crippen LogP contribution in [0.4, 0.5) is 0 Å². The van der Waals surface area contributed by atoms with Crippen LogP contribution in [0.3, 0.4) is 0 Å². The van der Waals surface area contributed by atoms with Crippen LogP contribution >= 0.6 is 0 Å². The average molecular weight is 838 g/mol. The Kier molecular flexibility index (Phi) is 18.7. The number of nitrogens with zero attached hydrogens (tertiary/aromatic N) is 1. The molecular formula is C44H71NO14. The molecule has 336 valence electrons. The topological polar surface area (TPSA) is 208 Å². The molecule has 3 heterocycles. The molecule has 0 aromatic rings. The molecule has 3 aliphatic heterocycles. The molecule has 15 heteroatoms. The summed E-state index contributed by atoms with van der Waals surface area (Å²) in [6.07, 6.45) is 2.56. The molecule has 3 fully saturated rings. The number of hydrogen-bond acceptors (Lipinski definition) is 14. The van der Waals surface area contributed by atoms with Crippen LogP contribution in [0.5, 0.6) is 0 Å². The van der Waals surface area contributed by atoms with Gasteiger partial charge < -0.3 is 53.7 Å². The normalized spacial score (nSPS) is 40.1. The summed E-state index contributed by atoms with van der Waals surface area (Å²) >= 11 is 0. The van der Waals surface area contributed by atoms with E-state index in [2.05, 4.69) is 0 Å². The minimum atomic E-state index is -2.53. The molecule has 0 spiro atoms. The van der Waals surface area contributed by atoms with Gasteiger partial charge in [-0.1, -0.05) is 38.5 Å². The zero-order valence-corrected chi connectivity index (χ0v) is 36.4. The van der Waals surface area contributed by atoms with Gasteiger partial charge in [-0.3, -0.25) is 14.4 Å². The molecule has 1 amide bonds. The number of carbonyl (C=O) groups is 4. The van der Waals surface area contributed by atoms with E-state index in [1.165, 1.54) is 14.2 Å². The maximum atomic E-state index is 14.3. The van der Waals surface area contributed by atoms with Crippen molar-refractivity contribution in [2.24, 2.45) is 29.6 Å². The van der Waals surface area contributed by atoms with Crippen molar-refractivity contribution in [1.29, 1.82) is 0 Å². The van der Waals surface area contributed by atoms with Gasteiger partial charge in [0.2, 0.25) is 5.79 Å². The molecule has 0 radical (unpaired) electrons. The number of carbonyl (C=O) groups excluding carboxylic acids is 4. The molecule has 4 rings (SSSR count). The highest BCUT2D eigenvalue weighted by atomic mass is 16.7. The van der Waals surface area contributed by atoms with E-state index >= 15 is 0 Å². The van der Waals surface area contributed by atoms with Gasteiger partial charge in [0.15, 0.2) is 0 Å². The first kappa shape index (κ1) is 49.1. The molecule has 14 atom stereocenters. The number of amides is 1. The van der Waals surface area contributed by atoms with Crippen LogP contribution in [0.25, 0.3) is 0 Å². The predicted molar refractivity (Wildman–Crippen MR) is 215 cm³/mol. The summed E-state index contributed by atoms with van der Waals surface area (Å²) in [7, 11) is 4.57. The Balaban J connectivity index is 1.78. The number of cyclic esters (lactones) is 1. The number of hydrogen-bond donors (Lipinski definition) is 4. The average Bonchev–Trinajstić information content (AvgIpc) is 3.21. The maximum absolute atomic E-state index is 14.3. The summed E-state index contributed by atoms with van der Waals surface area (Å²) in [6.45, 7) is 8.72. The van der Waals surface area contributed by atoms with E-state index in [1.807, 2.05) is 26.0 Å². The van der Waals surface area contributed by atoms with Gasteiger partial charge in [-0.25, -0.2) is 4.79 Å². The molecule has 1 saturated carbocycles. The van der Waals surface area contributed by atoms with Crippen LogP contribution in [0.15, 0.2) is 23.3 Å². The van der Waals surface area contributed by atoms with Crippen molar-refractivity contribution in [3.8, 4) is 0 Å². The van der Waals surface area contributed by atoms with E-state index in [-0.39, 0.29) is 62.6 Å². The van der Waals surface area contributed by atoms with Crippen LogP contribution in [0.1, 0.15) is 105 Å². The lowest BCUT2D eigenvalue weighted by Gasteiger charge is -2.47. The third-order valence-electron chi connectivity index (χ3n) is 13.1. The van der Waals surface area contributed by atoms with E-state index in [1.54, 1.807) is 27.9 Å². The molecule has 15 nitrogen and oxygen atoms in total. The second kappa shape index (κ2) is 22.5. The fraction of sp³-hybridized carbons (Fsp3) is 0.818. The molecule has 2 bridgehead atoms. The smallest absolute Gasteiger partial charge is 0.329 e. The van der Waals surface area contributed by atoms with Crippen LogP contribution in [-0.2, 0) is 47.6 Å². The van der Waals surface area contributed by atoms with Crippen molar-refractivity contribution in [2.45, 2.75) is 160 Å². The number of aliphatic hydroxyl groups excluding tert-OH is 3. The summed E-state index contributed by atoms with van der Waals surface area (Å²) in [4.78, 5) is 58.0. The van der Waals surface area contributed by atoms with E-state index in [0.29, 0.717) is 50.5 Å². The van der Waals surface area contributed by atoms with Gasteiger partial charge in [0.05, 0.1) is 37.1 Å². The number of ether oxygens (including phenoxy) is 6. The molecule has 0 aromatic heterocycles. The quantitative estimate of drug-likeness (QED) is 0.0864. The number of methoxy groups -OCH3 is 3. The molecule has 0 unspecified atom stereocenters. The molecule has 4 N–H and O–H groups in total. The molecule has 59 heavy (non-hydrogen) atoms. The third-order valence-corrected chi connectivity index (χ3v) is 13.1. The summed E-state index contributed by atoms with van der Waals surface area (Å²) in [5.74, 6) is -8.16. The third kappa shape index (κ3) is 12.3. The number of piperidine rings is 1. The van der Waals surface area contributed by atoms with Gasteiger partial charge in [0.25, 0.3) is 11.7 Å². The van der Waals surface area contributed by atoms with Crippen LogP contribution in [0, 0.1) is 29.6 Å². The Morgan fingerprint density at radius 1 is 0.915 bits per heavy atom. The SMILES string of the molecule is CO[C@H]1C[C@@H](C)C/C(C)=C/[C@@H](CCOCO)C(=O)C[C@H](O)[C@@H](C)[C@@H](/C(C)=C/[C@@H]2CC[C@@H](O)[C@H](OC)C2)OC(=O)[C@@H]2CCCCN2C(=O)C(=O)[C@]2(O)O[C@H]1[C@@H](OC)C[C@H]2C. The highest BCUT2D eigenvalue weighted by Gasteiger charge is 2.56. The van der Waals surface area contributed by atoms with E-state index in [0.717, 1.165) is 10.5 Å². The largest absolute Gasteiger partial charge is 0.456 e. The molecule has 4 aliphatic rings. The molecule has 1 aliphatic carbocycles.